The highest BCUT2D eigenvalue weighted by atomic mass is 15.0. The van der Waals surface area contributed by atoms with Crippen molar-refractivity contribution >= 4 is 32.6 Å². The molecule has 0 saturated heterocycles. The molecule has 0 spiro atoms. The second kappa shape index (κ2) is 13.9. The maximum Gasteiger partial charge on any atom is 0.0991 e. The first kappa shape index (κ1) is 34.8. The normalized spacial score (nSPS) is 11.6. The predicted molar refractivity (Wildman–Crippen MR) is 255 cm³/mol. The van der Waals surface area contributed by atoms with Gasteiger partial charge in [-0.25, -0.2) is 0 Å². The summed E-state index contributed by atoms with van der Waals surface area (Å²) in [5, 5.41) is 14.4. The van der Waals surface area contributed by atoms with Crippen molar-refractivity contribution in [2.75, 3.05) is 0 Å². The smallest absolute Gasteiger partial charge is 0.0991 e. The van der Waals surface area contributed by atoms with Gasteiger partial charge in [-0.15, -0.1) is 0 Å². The maximum atomic E-state index is 9.41. The van der Waals surface area contributed by atoms with Crippen LogP contribution in [0.4, 0.5) is 0 Å². The van der Waals surface area contributed by atoms with E-state index >= 15 is 0 Å². The topological polar surface area (TPSA) is 28.7 Å². The Labute approximate surface area is 354 Å². The molecule has 1 aliphatic carbocycles. The number of fused-ring (bicyclic) bond motifs is 6. The quantitative estimate of drug-likeness (QED) is 0.165. The van der Waals surface area contributed by atoms with Crippen LogP contribution in [0.5, 0.6) is 0 Å². The van der Waals surface area contributed by atoms with Gasteiger partial charge in [0.15, 0.2) is 0 Å². The van der Waals surface area contributed by atoms with Gasteiger partial charge >= 0.3 is 0 Å². The first-order valence-electron chi connectivity index (χ1n) is 20.8. The standard InChI is InChI=1S/C59H36N2/c60-37-38-22-24-39(25-23-38)45-30-32-54-52(34-45)53-35-46(31-33-55(53)61(54)47-18-8-3-9-19-47)40-26-28-42(29-27-40)50-36-51(41-12-4-1-5-13-41)58-48-20-10-16-43-17-11-21-49(56(43)48)59(58)57(50)44-14-6-2-7-15-44/h1-36H. The molecule has 12 rings (SSSR count). The fourth-order valence-corrected chi connectivity index (χ4v) is 9.78. The second-order valence-corrected chi connectivity index (χ2v) is 15.9. The van der Waals surface area contributed by atoms with Gasteiger partial charge in [0, 0.05) is 16.5 Å². The summed E-state index contributed by atoms with van der Waals surface area (Å²) in [6.45, 7) is 0. The van der Waals surface area contributed by atoms with Crippen molar-refractivity contribution in [1.29, 1.82) is 5.26 Å². The number of benzene rings is 10. The molecule has 0 saturated carbocycles. The van der Waals surface area contributed by atoms with E-state index in [1.165, 1.54) is 82.7 Å². The van der Waals surface area contributed by atoms with Crippen LogP contribution in [-0.2, 0) is 0 Å². The Morgan fingerprint density at radius 1 is 0.328 bits per heavy atom. The van der Waals surface area contributed by atoms with Gasteiger partial charge in [-0.3, -0.25) is 0 Å². The van der Waals surface area contributed by atoms with Crippen LogP contribution in [0, 0.1) is 11.3 Å². The molecule has 2 heteroatoms. The van der Waals surface area contributed by atoms with Crippen molar-refractivity contribution in [3.05, 3.63) is 224 Å². The highest BCUT2D eigenvalue weighted by Gasteiger charge is 2.30. The molecule has 0 N–H and O–H groups in total. The SMILES string of the molecule is N#Cc1ccc(-c2ccc3c(c2)c2cc(-c4ccc(-c5cc(-c6ccccc6)c6c(c5-c5ccccc5)-c5cccc7cccc-6c57)cc4)ccc2n3-c2ccccc2)cc1. The summed E-state index contributed by atoms with van der Waals surface area (Å²) in [5.41, 5.74) is 21.2. The molecule has 2 nitrogen and oxygen atoms in total. The van der Waals surface area contributed by atoms with Crippen molar-refractivity contribution in [2.24, 2.45) is 0 Å². The summed E-state index contributed by atoms with van der Waals surface area (Å²) in [5.74, 6) is 0. The van der Waals surface area contributed by atoms with E-state index in [9.17, 15) is 5.26 Å². The van der Waals surface area contributed by atoms with Crippen molar-refractivity contribution in [1.82, 2.24) is 4.57 Å². The fraction of sp³-hybridized carbons (Fsp3) is 0. The summed E-state index contributed by atoms with van der Waals surface area (Å²) in [4.78, 5) is 0. The third-order valence-electron chi connectivity index (χ3n) is 12.6. The molecule has 61 heavy (non-hydrogen) atoms. The molecule has 0 aliphatic heterocycles. The summed E-state index contributed by atoms with van der Waals surface area (Å²) >= 11 is 0. The molecule has 282 valence electrons. The van der Waals surface area contributed by atoms with Crippen LogP contribution in [0.3, 0.4) is 0 Å². The number of nitriles is 1. The largest absolute Gasteiger partial charge is 0.309 e. The Hall–Kier alpha value is -8.25. The third-order valence-corrected chi connectivity index (χ3v) is 12.6. The van der Waals surface area contributed by atoms with E-state index in [-0.39, 0.29) is 0 Å². The molecule has 0 fully saturated rings. The van der Waals surface area contributed by atoms with E-state index in [4.69, 9.17) is 0 Å². The van der Waals surface area contributed by atoms with Crippen molar-refractivity contribution in [3.63, 3.8) is 0 Å². The van der Waals surface area contributed by atoms with E-state index in [0.29, 0.717) is 5.56 Å². The highest BCUT2D eigenvalue weighted by molar-refractivity contribution is 6.23. The van der Waals surface area contributed by atoms with E-state index in [0.717, 1.165) is 33.4 Å². The third kappa shape index (κ3) is 5.56. The van der Waals surface area contributed by atoms with Crippen LogP contribution in [-0.4, -0.2) is 4.57 Å². The fourth-order valence-electron chi connectivity index (χ4n) is 9.78. The number of aromatic nitrogens is 1. The van der Waals surface area contributed by atoms with Crippen LogP contribution >= 0.6 is 0 Å². The number of nitrogens with zero attached hydrogens (tertiary/aromatic N) is 2. The molecule has 0 radical (unpaired) electrons. The Morgan fingerprint density at radius 3 is 1.39 bits per heavy atom. The lowest BCUT2D eigenvalue weighted by Gasteiger charge is -2.21. The maximum absolute atomic E-state index is 9.41. The van der Waals surface area contributed by atoms with Crippen LogP contribution in [0.1, 0.15) is 5.56 Å². The van der Waals surface area contributed by atoms with Gasteiger partial charge in [-0.1, -0.05) is 164 Å². The lowest BCUT2D eigenvalue weighted by molar-refractivity contribution is 1.18. The van der Waals surface area contributed by atoms with Gasteiger partial charge in [0.1, 0.15) is 0 Å². The molecule has 0 atom stereocenters. The first-order valence-corrected chi connectivity index (χ1v) is 20.8. The van der Waals surface area contributed by atoms with Gasteiger partial charge in [0.05, 0.1) is 22.7 Å². The Morgan fingerprint density at radius 2 is 0.803 bits per heavy atom. The zero-order chi connectivity index (χ0) is 40.4. The number of hydrogen-bond donors (Lipinski definition) is 0. The molecular formula is C59H36N2. The lowest BCUT2D eigenvalue weighted by Crippen LogP contribution is -1.94. The molecule has 1 aliphatic rings. The molecule has 10 aromatic carbocycles. The minimum Gasteiger partial charge on any atom is -0.309 e. The average molecular weight is 773 g/mol. The van der Waals surface area contributed by atoms with E-state index in [1.807, 2.05) is 24.3 Å². The molecule has 0 unspecified atom stereocenters. The minimum absolute atomic E-state index is 0.661. The molecule has 1 heterocycles. The minimum atomic E-state index is 0.661. The zero-order valence-electron chi connectivity index (χ0n) is 33.2. The summed E-state index contributed by atoms with van der Waals surface area (Å²) in [6.07, 6.45) is 0. The lowest BCUT2D eigenvalue weighted by atomic mass is 9.82. The van der Waals surface area contributed by atoms with E-state index < -0.39 is 0 Å². The highest BCUT2D eigenvalue weighted by Crippen LogP contribution is 2.57. The monoisotopic (exact) mass is 772 g/mol. The summed E-state index contributed by atoms with van der Waals surface area (Å²) in [7, 11) is 0. The summed E-state index contributed by atoms with van der Waals surface area (Å²) in [6, 6.07) is 81.2. The number of hydrogen-bond acceptors (Lipinski definition) is 1. The summed E-state index contributed by atoms with van der Waals surface area (Å²) < 4.78 is 2.36. The van der Waals surface area contributed by atoms with Gasteiger partial charge in [0.25, 0.3) is 0 Å². The van der Waals surface area contributed by atoms with E-state index in [2.05, 4.69) is 205 Å². The molecular weight excluding hydrogens is 737 g/mol. The van der Waals surface area contributed by atoms with E-state index in [1.54, 1.807) is 0 Å². The van der Waals surface area contributed by atoms with Gasteiger partial charge in [-0.2, -0.15) is 5.26 Å². The average Bonchev–Trinajstić information content (AvgIpc) is 3.85. The predicted octanol–water partition coefficient (Wildman–Crippen LogP) is 15.8. The molecule has 0 amide bonds. The Bertz CT molecular complexity index is 3530. The molecule has 1 aromatic heterocycles. The van der Waals surface area contributed by atoms with Crippen LogP contribution in [0.25, 0.3) is 116 Å². The van der Waals surface area contributed by atoms with Gasteiger partial charge < -0.3 is 4.57 Å². The van der Waals surface area contributed by atoms with Crippen LogP contribution in [0.2, 0.25) is 0 Å². The van der Waals surface area contributed by atoms with Crippen molar-refractivity contribution < 1.29 is 0 Å². The van der Waals surface area contributed by atoms with Crippen molar-refractivity contribution in [3.8, 4) is 89.6 Å². The Balaban J connectivity index is 1.04. The van der Waals surface area contributed by atoms with Gasteiger partial charge in [-0.05, 0) is 143 Å². The van der Waals surface area contributed by atoms with Crippen LogP contribution < -0.4 is 0 Å². The number of rotatable bonds is 6. The van der Waals surface area contributed by atoms with Crippen LogP contribution in [0.15, 0.2) is 218 Å². The first-order chi connectivity index (χ1) is 30.2. The Kier molecular flexibility index (Phi) is 7.95. The second-order valence-electron chi connectivity index (χ2n) is 15.9. The molecule has 11 aromatic rings. The number of para-hydroxylation sites is 1. The zero-order valence-corrected chi connectivity index (χ0v) is 33.2. The molecule has 0 bridgehead atoms. The van der Waals surface area contributed by atoms with Crippen molar-refractivity contribution in [2.45, 2.75) is 0 Å². The van der Waals surface area contributed by atoms with Gasteiger partial charge in [0.2, 0.25) is 0 Å².